The van der Waals surface area contributed by atoms with Crippen LogP contribution in [0.15, 0.2) is 36.4 Å². The van der Waals surface area contributed by atoms with Gasteiger partial charge in [-0.2, -0.15) is 0 Å². The Bertz CT molecular complexity index is 1090. The van der Waals surface area contributed by atoms with Gasteiger partial charge in [-0.15, -0.1) is 0 Å². The highest BCUT2D eigenvalue weighted by Gasteiger charge is 2.42. The van der Waals surface area contributed by atoms with Crippen LogP contribution in [0.1, 0.15) is 24.0 Å². The Kier molecular flexibility index (Phi) is 8.73. The maximum atomic E-state index is 13.3. The van der Waals surface area contributed by atoms with Crippen LogP contribution in [0.2, 0.25) is 0 Å². The van der Waals surface area contributed by atoms with Gasteiger partial charge < -0.3 is 38.7 Å². The highest BCUT2D eigenvalue weighted by Crippen LogP contribution is 2.42. The summed E-state index contributed by atoms with van der Waals surface area (Å²) in [7, 11) is 4.80. The molecule has 10 heteroatoms. The van der Waals surface area contributed by atoms with Crippen molar-refractivity contribution < 1.29 is 33.3 Å². The summed E-state index contributed by atoms with van der Waals surface area (Å²) >= 11 is 0. The maximum Gasteiger partial charge on any atom is 0.318 e. The van der Waals surface area contributed by atoms with E-state index < -0.39 is 5.54 Å². The van der Waals surface area contributed by atoms with Gasteiger partial charge in [-0.05, 0) is 48.2 Å². The van der Waals surface area contributed by atoms with E-state index in [0.29, 0.717) is 69.4 Å². The van der Waals surface area contributed by atoms with Gasteiger partial charge in [-0.3, -0.25) is 4.90 Å². The van der Waals surface area contributed by atoms with Gasteiger partial charge in [0.1, 0.15) is 17.6 Å². The Hall–Kier alpha value is -3.50. The molecule has 0 aliphatic carbocycles. The van der Waals surface area contributed by atoms with Crippen molar-refractivity contribution in [1.82, 2.24) is 15.1 Å². The van der Waals surface area contributed by atoms with E-state index in [1.54, 1.807) is 26.2 Å². The quantitative estimate of drug-likeness (QED) is 0.458. The normalized spacial score (nSPS) is 16.2. The number of amides is 2. The van der Waals surface area contributed by atoms with Gasteiger partial charge in [0.2, 0.25) is 12.5 Å². The lowest BCUT2D eigenvalue weighted by atomic mass is 9.87. The molecule has 0 unspecified atom stereocenters. The van der Waals surface area contributed by atoms with Crippen molar-refractivity contribution in [3.05, 3.63) is 47.5 Å². The number of rotatable bonds is 11. The van der Waals surface area contributed by atoms with Crippen molar-refractivity contribution in [3.63, 3.8) is 0 Å². The van der Waals surface area contributed by atoms with Gasteiger partial charge in [0.15, 0.2) is 11.5 Å². The molecule has 2 amide bonds. The summed E-state index contributed by atoms with van der Waals surface area (Å²) < 4.78 is 27.0. The van der Waals surface area contributed by atoms with Crippen LogP contribution in [-0.2, 0) is 22.6 Å². The molecule has 37 heavy (non-hydrogen) atoms. The first-order valence-corrected chi connectivity index (χ1v) is 12.3. The number of nitrogens with zero attached hydrogens (tertiary/aromatic N) is 2. The lowest BCUT2D eigenvalue weighted by molar-refractivity contribution is -0.120. The number of nitrogens with one attached hydrogen (secondary N) is 1. The van der Waals surface area contributed by atoms with Crippen LogP contribution in [-0.4, -0.2) is 82.0 Å². The smallest absolute Gasteiger partial charge is 0.318 e. The van der Waals surface area contributed by atoms with E-state index in [0.717, 1.165) is 23.2 Å². The molecule has 2 heterocycles. The van der Waals surface area contributed by atoms with E-state index >= 15 is 0 Å². The van der Waals surface area contributed by atoms with Crippen LogP contribution in [0.5, 0.6) is 23.0 Å². The maximum absolute atomic E-state index is 13.3. The van der Waals surface area contributed by atoms with E-state index in [2.05, 4.69) is 10.2 Å². The summed E-state index contributed by atoms with van der Waals surface area (Å²) in [4.78, 5) is 29.7. The molecule has 0 atom stereocenters. The summed E-state index contributed by atoms with van der Waals surface area (Å²) in [5.74, 6) is 2.66. The fourth-order valence-electron chi connectivity index (χ4n) is 4.85. The van der Waals surface area contributed by atoms with Crippen LogP contribution in [0.3, 0.4) is 0 Å². The number of aldehydes is 1. The molecule has 200 valence electrons. The standard InChI is InChI=1S/C27H35N3O7/c1-33-12-11-30(26(32)28-16-20-5-4-6-22(13-20)34-2)27(18-31)7-9-29(10-8-27)17-21-14-23(35-3)25-24(15-21)36-19-37-25/h4-6,13-15,18H,7-12,16-17,19H2,1-3H3,(H,28,32). The van der Waals surface area contributed by atoms with Crippen molar-refractivity contribution in [2.45, 2.75) is 31.5 Å². The lowest BCUT2D eigenvalue weighted by Gasteiger charge is -2.45. The third-order valence-electron chi connectivity index (χ3n) is 6.95. The highest BCUT2D eigenvalue weighted by atomic mass is 16.7. The minimum atomic E-state index is -0.903. The molecule has 0 saturated carbocycles. The summed E-state index contributed by atoms with van der Waals surface area (Å²) in [6.45, 7) is 3.14. The number of likely N-dealkylation sites (tertiary alicyclic amines) is 1. The number of hydrogen-bond donors (Lipinski definition) is 1. The molecule has 2 aliphatic heterocycles. The average Bonchev–Trinajstić information content (AvgIpc) is 3.41. The number of methoxy groups -OCH3 is 3. The molecule has 4 rings (SSSR count). The topological polar surface area (TPSA) is 98.8 Å². The molecule has 0 aromatic heterocycles. The zero-order valence-electron chi connectivity index (χ0n) is 21.7. The van der Waals surface area contributed by atoms with Gasteiger partial charge in [0, 0.05) is 39.8 Å². The van der Waals surface area contributed by atoms with Crippen molar-refractivity contribution in [2.75, 3.05) is 54.4 Å². The lowest BCUT2D eigenvalue weighted by Crippen LogP contribution is -2.61. The zero-order chi connectivity index (χ0) is 26.3. The Morgan fingerprint density at radius 3 is 2.62 bits per heavy atom. The van der Waals surface area contributed by atoms with E-state index in [1.807, 2.05) is 36.4 Å². The Morgan fingerprint density at radius 2 is 1.92 bits per heavy atom. The van der Waals surface area contributed by atoms with Gasteiger partial charge in [0.25, 0.3) is 0 Å². The minimum Gasteiger partial charge on any atom is -0.497 e. The van der Waals surface area contributed by atoms with E-state index in [1.165, 1.54) is 0 Å². The number of benzene rings is 2. The molecular weight excluding hydrogens is 478 g/mol. The number of ether oxygens (including phenoxy) is 5. The zero-order valence-corrected chi connectivity index (χ0v) is 21.7. The molecule has 1 fully saturated rings. The first kappa shape index (κ1) is 26.6. The molecule has 0 radical (unpaired) electrons. The first-order valence-electron chi connectivity index (χ1n) is 12.3. The Labute approximate surface area is 217 Å². The van der Waals surface area contributed by atoms with Crippen molar-refractivity contribution in [2.24, 2.45) is 0 Å². The molecule has 1 N–H and O–H groups in total. The molecule has 1 saturated heterocycles. The summed E-state index contributed by atoms with van der Waals surface area (Å²) in [5, 5.41) is 2.97. The number of hydrogen-bond acceptors (Lipinski definition) is 8. The van der Waals surface area contributed by atoms with E-state index in [9.17, 15) is 9.59 Å². The first-order chi connectivity index (χ1) is 18.0. The van der Waals surface area contributed by atoms with Crippen LogP contribution in [0.25, 0.3) is 0 Å². The highest BCUT2D eigenvalue weighted by molar-refractivity contribution is 5.80. The van der Waals surface area contributed by atoms with E-state index in [4.69, 9.17) is 23.7 Å². The molecule has 2 aliphatic rings. The largest absolute Gasteiger partial charge is 0.497 e. The predicted molar refractivity (Wildman–Crippen MR) is 136 cm³/mol. The fraction of sp³-hybridized carbons (Fsp3) is 0.481. The molecule has 2 aromatic rings. The minimum absolute atomic E-state index is 0.178. The third kappa shape index (κ3) is 6.08. The fourth-order valence-corrected chi connectivity index (χ4v) is 4.85. The van der Waals surface area contributed by atoms with E-state index in [-0.39, 0.29) is 12.8 Å². The Balaban J connectivity index is 1.41. The van der Waals surface area contributed by atoms with Gasteiger partial charge >= 0.3 is 6.03 Å². The SMILES string of the molecule is COCCN(C(=O)NCc1cccc(OC)c1)C1(C=O)CCN(Cc2cc(OC)c3c(c2)OCO3)CC1. The number of piperidine rings is 1. The van der Waals surface area contributed by atoms with Crippen LogP contribution >= 0.6 is 0 Å². The third-order valence-corrected chi connectivity index (χ3v) is 6.95. The van der Waals surface area contributed by atoms with Gasteiger partial charge in [0.05, 0.1) is 20.8 Å². The predicted octanol–water partition coefficient (Wildman–Crippen LogP) is 2.82. The second-order valence-electron chi connectivity index (χ2n) is 9.18. The number of carbonyl (C=O) groups excluding carboxylic acids is 2. The molecule has 10 nitrogen and oxygen atoms in total. The second kappa shape index (κ2) is 12.2. The summed E-state index contributed by atoms with van der Waals surface area (Å²) in [6, 6.07) is 11.1. The molecule has 2 aromatic carbocycles. The summed E-state index contributed by atoms with van der Waals surface area (Å²) in [5.41, 5.74) is 1.04. The monoisotopic (exact) mass is 513 g/mol. The number of carbonyl (C=O) groups is 2. The van der Waals surface area contributed by atoms with Crippen molar-refractivity contribution in [3.8, 4) is 23.0 Å². The summed E-state index contributed by atoms with van der Waals surface area (Å²) in [6.07, 6.45) is 1.97. The number of urea groups is 1. The molecule has 0 spiro atoms. The van der Waals surface area contributed by atoms with Crippen LogP contribution < -0.4 is 24.3 Å². The van der Waals surface area contributed by atoms with Crippen LogP contribution in [0, 0.1) is 0 Å². The average molecular weight is 514 g/mol. The second-order valence-corrected chi connectivity index (χ2v) is 9.18. The molecule has 0 bridgehead atoms. The van der Waals surface area contributed by atoms with Crippen LogP contribution in [0.4, 0.5) is 4.79 Å². The van der Waals surface area contributed by atoms with Crippen molar-refractivity contribution >= 4 is 12.3 Å². The van der Waals surface area contributed by atoms with Crippen molar-refractivity contribution in [1.29, 1.82) is 0 Å². The van der Waals surface area contributed by atoms with Gasteiger partial charge in [-0.25, -0.2) is 4.79 Å². The Morgan fingerprint density at radius 1 is 1.11 bits per heavy atom. The number of fused-ring (bicyclic) bond motifs is 1. The van der Waals surface area contributed by atoms with Gasteiger partial charge in [-0.1, -0.05) is 12.1 Å². The molecular formula is C27H35N3O7.